The van der Waals surface area contributed by atoms with E-state index < -0.39 is 26.9 Å². The molecule has 2 fully saturated rings. The van der Waals surface area contributed by atoms with Gasteiger partial charge in [0.25, 0.3) is 5.91 Å². The normalized spacial score (nSPS) is 28.5. The molecule has 3 aliphatic heterocycles. The summed E-state index contributed by atoms with van der Waals surface area (Å²) in [6.07, 6.45) is 3.54. The lowest BCUT2D eigenvalue weighted by Crippen LogP contribution is -2.46. The van der Waals surface area contributed by atoms with Gasteiger partial charge in [0.15, 0.2) is 18.2 Å². The van der Waals surface area contributed by atoms with E-state index in [0.29, 0.717) is 38.0 Å². The molecule has 2 atom stereocenters. The molecule has 1 aromatic rings. The van der Waals surface area contributed by atoms with E-state index in [1.807, 2.05) is 0 Å². The summed E-state index contributed by atoms with van der Waals surface area (Å²) in [7, 11) is -3.42. The maximum absolute atomic E-state index is 14.6. The molecule has 1 saturated heterocycles. The van der Waals surface area contributed by atoms with Crippen molar-refractivity contribution in [3.05, 3.63) is 29.3 Å². The number of halogens is 2. The van der Waals surface area contributed by atoms with E-state index in [0.717, 1.165) is 18.9 Å². The Morgan fingerprint density at radius 2 is 1.88 bits per heavy atom. The number of nitrogens with zero attached hydrogens (tertiary/aromatic N) is 1. The number of carbonyl (C=O) groups excluding carboxylic acids is 1. The Kier molecular flexibility index (Phi) is 7.26. The first kappa shape index (κ1) is 24.3. The monoisotopic (exact) mass is 486 g/mol. The highest BCUT2D eigenvalue weighted by atomic mass is 32.2. The minimum atomic E-state index is -3.42. The first-order valence-electron chi connectivity index (χ1n) is 11.7. The van der Waals surface area contributed by atoms with Gasteiger partial charge in [-0.3, -0.25) is 4.79 Å². The highest BCUT2D eigenvalue weighted by Gasteiger charge is 2.39. The van der Waals surface area contributed by atoms with E-state index in [2.05, 4.69) is 4.72 Å². The van der Waals surface area contributed by atoms with Gasteiger partial charge in [-0.2, -0.15) is 0 Å². The first-order chi connectivity index (χ1) is 15.7. The second-order valence-corrected chi connectivity index (χ2v) is 11.9. The van der Waals surface area contributed by atoms with Crippen molar-refractivity contribution in [3.63, 3.8) is 0 Å². The zero-order chi connectivity index (χ0) is 23.8. The molecule has 0 aromatic heterocycles. The third-order valence-electron chi connectivity index (χ3n) is 7.17. The molecule has 0 spiro atoms. The van der Waals surface area contributed by atoms with Crippen LogP contribution in [0.2, 0.25) is 0 Å². The van der Waals surface area contributed by atoms with Crippen molar-refractivity contribution in [1.82, 2.24) is 9.62 Å². The van der Waals surface area contributed by atoms with Crippen LogP contribution in [0.4, 0.5) is 8.78 Å². The van der Waals surface area contributed by atoms with Crippen LogP contribution in [0.15, 0.2) is 12.1 Å². The van der Waals surface area contributed by atoms with Gasteiger partial charge in [-0.05, 0) is 63.9 Å². The Balaban J connectivity index is 1.56. The van der Waals surface area contributed by atoms with Crippen molar-refractivity contribution < 1.29 is 31.5 Å². The van der Waals surface area contributed by atoms with Gasteiger partial charge in [-0.15, -0.1) is 0 Å². The summed E-state index contributed by atoms with van der Waals surface area (Å²) >= 11 is 0. The SMILES string of the molecule is CC(C)S(=O)(=O)NC[C@H]1CCN2C(=O)COc3c(F)cc(F)cc3C3CCC(CC3)OC[C@@H]12. The Hall–Kier alpha value is -1.78. The Morgan fingerprint density at radius 1 is 1.15 bits per heavy atom. The topological polar surface area (TPSA) is 84.9 Å². The predicted octanol–water partition coefficient (Wildman–Crippen LogP) is 2.94. The van der Waals surface area contributed by atoms with Crippen LogP contribution in [0.1, 0.15) is 57.4 Å². The Morgan fingerprint density at radius 3 is 2.58 bits per heavy atom. The van der Waals surface area contributed by atoms with E-state index in [1.54, 1.807) is 18.7 Å². The molecule has 7 nitrogen and oxygen atoms in total. The molecule has 2 bridgehead atoms. The Labute approximate surface area is 193 Å². The zero-order valence-electron chi connectivity index (χ0n) is 19.1. The summed E-state index contributed by atoms with van der Waals surface area (Å²) in [6.45, 7) is 3.84. The van der Waals surface area contributed by atoms with E-state index in [9.17, 15) is 22.0 Å². The van der Waals surface area contributed by atoms with E-state index in [1.165, 1.54) is 6.07 Å². The molecule has 184 valence electrons. The minimum Gasteiger partial charge on any atom is -0.480 e. The van der Waals surface area contributed by atoms with Crippen LogP contribution in [0.3, 0.4) is 0 Å². The number of amides is 1. The molecular formula is C23H32F2N2O5S. The molecule has 10 heteroatoms. The number of ether oxygens (including phenoxy) is 2. The fraction of sp³-hybridized carbons (Fsp3) is 0.696. The number of fused-ring (bicyclic) bond motifs is 5. The largest absolute Gasteiger partial charge is 0.480 e. The molecule has 1 aromatic carbocycles. The van der Waals surface area contributed by atoms with Gasteiger partial charge in [0.2, 0.25) is 10.0 Å². The number of sulfonamides is 1. The maximum Gasteiger partial charge on any atom is 0.260 e. The molecule has 1 saturated carbocycles. The van der Waals surface area contributed by atoms with Crippen LogP contribution < -0.4 is 9.46 Å². The van der Waals surface area contributed by atoms with Gasteiger partial charge < -0.3 is 14.4 Å². The average molecular weight is 487 g/mol. The van der Waals surface area contributed by atoms with Crippen molar-refractivity contribution in [3.8, 4) is 5.75 Å². The van der Waals surface area contributed by atoms with Gasteiger partial charge in [0.1, 0.15) is 5.82 Å². The average Bonchev–Trinajstić information content (AvgIpc) is 3.18. The third kappa shape index (κ3) is 5.33. The molecule has 3 heterocycles. The number of hydrogen-bond acceptors (Lipinski definition) is 5. The van der Waals surface area contributed by atoms with E-state index >= 15 is 0 Å². The maximum atomic E-state index is 14.6. The molecule has 1 amide bonds. The summed E-state index contributed by atoms with van der Waals surface area (Å²) in [5.74, 6) is -1.98. The standard InChI is InChI=1S/C23H32F2N2O5S/c1-14(2)33(29,30)26-11-16-7-8-27-21(16)12-31-18-5-3-15(4-6-18)19-9-17(24)10-20(25)23(19)32-13-22(27)28/h9-10,14-16,18,21,26H,3-8,11-13H2,1-2H3/t15?,16-,18?,21+/m1/s1. The minimum absolute atomic E-state index is 0.00432. The van der Waals surface area contributed by atoms with Crippen molar-refractivity contribution in [2.75, 3.05) is 26.3 Å². The van der Waals surface area contributed by atoms with E-state index in [-0.39, 0.29) is 48.8 Å². The van der Waals surface area contributed by atoms with Crippen molar-refractivity contribution in [2.45, 2.75) is 69.3 Å². The fourth-order valence-electron chi connectivity index (χ4n) is 5.11. The Bertz CT molecular complexity index is 979. The van der Waals surface area contributed by atoms with Crippen molar-refractivity contribution >= 4 is 15.9 Å². The molecule has 0 radical (unpaired) electrons. The highest BCUT2D eigenvalue weighted by molar-refractivity contribution is 7.90. The van der Waals surface area contributed by atoms with E-state index in [4.69, 9.17) is 9.47 Å². The first-order valence-corrected chi connectivity index (χ1v) is 13.2. The molecule has 1 aliphatic carbocycles. The second kappa shape index (κ2) is 9.84. The van der Waals surface area contributed by atoms with Crippen LogP contribution in [-0.2, 0) is 19.6 Å². The van der Waals surface area contributed by atoms with Crippen LogP contribution in [0.25, 0.3) is 0 Å². The molecule has 1 N–H and O–H groups in total. The summed E-state index contributed by atoms with van der Waals surface area (Å²) in [5, 5.41) is -0.545. The van der Waals surface area contributed by atoms with Crippen molar-refractivity contribution in [1.29, 1.82) is 0 Å². The lowest BCUT2D eigenvalue weighted by Gasteiger charge is -2.32. The molecule has 33 heavy (non-hydrogen) atoms. The van der Waals surface area contributed by atoms with Crippen LogP contribution in [0.5, 0.6) is 5.75 Å². The van der Waals surface area contributed by atoms with Gasteiger partial charge in [0.05, 0.1) is 24.0 Å². The zero-order valence-corrected chi connectivity index (χ0v) is 19.9. The summed E-state index contributed by atoms with van der Waals surface area (Å²) in [4.78, 5) is 14.7. The number of benzene rings is 1. The molecule has 5 rings (SSSR count). The molecular weight excluding hydrogens is 454 g/mol. The molecule has 0 unspecified atom stereocenters. The lowest BCUT2D eigenvalue weighted by atomic mass is 9.82. The van der Waals surface area contributed by atoms with Crippen LogP contribution >= 0.6 is 0 Å². The van der Waals surface area contributed by atoms with Crippen molar-refractivity contribution in [2.24, 2.45) is 5.92 Å². The van der Waals surface area contributed by atoms with Crippen LogP contribution in [0, 0.1) is 17.6 Å². The number of hydrogen-bond donors (Lipinski definition) is 1. The quantitative estimate of drug-likeness (QED) is 0.708. The van der Waals surface area contributed by atoms with Gasteiger partial charge >= 0.3 is 0 Å². The lowest BCUT2D eigenvalue weighted by molar-refractivity contribution is -0.136. The third-order valence-corrected chi connectivity index (χ3v) is 8.98. The van der Waals surface area contributed by atoms with Gasteiger partial charge in [-0.25, -0.2) is 21.9 Å². The smallest absolute Gasteiger partial charge is 0.260 e. The van der Waals surface area contributed by atoms with Crippen LogP contribution in [-0.4, -0.2) is 62.9 Å². The predicted molar refractivity (Wildman–Crippen MR) is 118 cm³/mol. The summed E-state index contributed by atoms with van der Waals surface area (Å²) < 4.78 is 67.5. The fourth-order valence-corrected chi connectivity index (χ4v) is 5.89. The highest BCUT2D eigenvalue weighted by Crippen LogP contribution is 2.40. The second-order valence-electron chi connectivity index (χ2n) is 9.55. The van der Waals surface area contributed by atoms with Gasteiger partial charge in [0, 0.05) is 24.7 Å². The number of carbonyl (C=O) groups is 1. The van der Waals surface area contributed by atoms with Gasteiger partial charge in [-0.1, -0.05) is 0 Å². The summed E-state index contributed by atoms with van der Waals surface area (Å²) in [6, 6.07) is 1.79. The number of rotatable bonds is 4. The summed E-state index contributed by atoms with van der Waals surface area (Å²) in [5.41, 5.74) is 0.469. The number of nitrogens with one attached hydrogen (secondary N) is 1. The molecule has 4 aliphatic rings.